The molecule has 1 atom stereocenters. The maximum atomic E-state index is 13.6. The molecule has 140 valence electrons. The van der Waals surface area contributed by atoms with Crippen molar-refractivity contribution in [2.45, 2.75) is 31.8 Å². The zero-order valence-corrected chi connectivity index (χ0v) is 14.7. The molecule has 1 fully saturated rings. The quantitative estimate of drug-likeness (QED) is 0.405. The van der Waals surface area contributed by atoms with Crippen LogP contribution in [0.15, 0.2) is 23.2 Å². The van der Waals surface area contributed by atoms with Gasteiger partial charge in [0.1, 0.15) is 0 Å². The van der Waals surface area contributed by atoms with Crippen molar-refractivity contribution < 1.29 is 18.3 Å². The van der Waals surface area contributed by atoms with Crippen LogP contribution in [0.1, 0.15) is 24.8 Å². The number of hydrogen-bond acceptors (Lipinski definition) is 3. The molecular weight excluding hydrogens is 328 g/mol. The molecule has 0 bridgehead atoms. The van der Waals surface area contributed by atoms with Crippen LogP contribution in [0.2, 0.25) is 0 Å². The zero-order chi connectivity index (χ0) is 17.9. The first-order valence-electron chi connectivity index (χ1n) is 8.77. The molecule has 0 radical (unpaired) electrons. The fraction of sp³-hybridized carbons (Fsp3) is 0.611. The molecule has 1 aliphatic rings. The van der Waals surface area contributed by atoms with Gasteiger partial charge in [-0.05, 0) is 37.3 Å². The van der Waals surface area contributed by atoms with E-state index in [9.17, 15) is 8.78 Å². The predicted molar refractivity (Wildman–Crippen MR) is 93.8 cm³/mol. The summed E-state index contributed by atoms with van der Waals surface area (Å²) >= 11 is 0. The lowest BCUT2D eigenvalue weighted by atomic mass is 10.1. The van der Waals surface area contributed by atoms with E-state index < -0.39 is 11.6 Å². The van der Waals surface area contributed by atoms with Gasteiger partial charge in [0.15, 0.2) is 17.6 Å². The minimum atomic E-state index is -0.817. The second-order valence-corrected chi connectivity index (χ2v) is 5.95. The van der Waals surface area contributed by atoms with Gasteiger partial charge in [-0.2, -0.15) is 0 Å². The predicted octanol–water partition coefficient (Wildman–Crippen LogP) is 2.26. The molecule has 0 saturated carbocycles. The molecule has 1 aromatic rings. The number of aliphatic imine (C=N–C) groups is 1. The van der Waals surface area contributed by atoms with Gasteiger partial charge in [-0.15, -0.1) is 0 Å². The first-order chi connectivity index (χ1) is 12.2. The second kappa shape index (κ2) is 11.0. The van der Waals surface area contributed by atoms with Gasteiger partial charge in [0.25, 0.3) is 0 Å². The SMILES string of the molecule is CN=C(NCCCOCC1CCCO1)NCCc1cccc(F)c1F. The lowest BCUT2D eigenvalue weighted by molar-refractivity contribution is 0.0168. The van der Waals surface area contributed by atoms with Gasteiger partial charge in [0.05, 0.1) is 12.7 Å². The average molecular weight is 355 g/mol. The molecule has 0 spiro atoms. The van der Waals surface area contributed by atoms with E-state index in [0.29, 0.717) is 37.7 Å². The van der Waals surface area contributed by atoms with Gasteiger partial charge in [0, 0.05) is 33.4 Å². The van der Waals surface area contributed by atoms with Gasteiger partial charge >= 0.3 is 0 Å². The van der Waals surface area contributed by atoms with Crippen molar-refractivity contribution in [1.29, 1.82) is 0 Å². The maximum Gasteiger partial charge on any atom is 0.190 e. The highest BCUT2D eigenvalue weighted by Gasteiger charge is 2.14. The number of guanidine groups is 1. The summed E-state index contributed by atoms with van der Waals surface area (Å²) in [5.41, 5.74) is 0.352. The molecule has 5 nitrogen and oxygen atoms in total. The van der Waals surface area contributed by atoms with Crippen LogP contribution >= 0.6 is 0 Å². The molecule has 1 aliphatic heterocycles. The Hall–Kier alpha value is -1.73. The largest absolute Gasteiger partial charge is 0.379 e. The molecule has 0 aromatic heterocycles. The minimum Gasteiger partial charge on any atom is -0.379 e. The second-order valence-electron chi connectivity index (χ2n) is 5.95. The summed E-state index contributed by atoms with van der Waals surface area (Å²) in [6, 6.07) is 4.22. The van der Waals surface area contributed by atoms with E-state index >= 15 is 0 Å². The highest BCUT2D eigenvalue weighted by Crippen LogP contribution is 2.12. The van der Waals surface area contributed by atoms with Crippen molar-refractivity contribution in [3.8, 4) is 0 Å². The Kier molecular flexibility index (Phi) is 8.62. The van der Waals surface area contributed by atoms with Gasteiger partial charge in [0.2, 0.25) is 0 Å². The van der Waals surface area contributed by atoms with E-state index in [1.165, 1.54) is 6.07 Å². The number of nitrogens with one attached hydrogen (secondary N) is 2. The monoisotopic (exact) mass is 355 g/mol. The third kappa shape index (κ3) is 6.96. The number of nitrogens with zero attached hydrogens (tertiary/aromatic N) is 1. The molecule has 1 heterocycles. The summed E-state index contributed by atoms with van der Waals surface area (Å²) in [4.78, 5) is 4.11. The highest BCUT2D eigenvalue weighted by molar-refractivity contribution is 5.79. The molecule has 1 aromatic carbocycles. The van der Waals surface area contributed by atoms with Crippen LogP contribution in [0.3, 0.4) is 0 Å². The average Bonchev–Trinajstić information content (AvgIpc) is 3.13. The van der Waals surface area contributed by atoms with Crippen LogP contribution in [-0.2, 0) is 15.9 Å². The van der Waals surface area contributed by atoms with E-state index in [2.05, 4.69) is 15.6 Å². The topological polar surface area (TPSA) is 54.9 Å². The molecule has 0 aliphatic carbocycles. The van der Waals surface area contributed by atoms with E-state index in [4.69, 9.17) is 9.47 Å². The summed E-state index contributed by atoms with van der Waals surface area (Å²) in [7, 11) is 1.67. The van der Waals surface area contributed by atoms with E-state index in [0.717, 1.165) is 38.5 Å². The Morgan fingerprint density at radius 1 is 1.32 bits per heavy atom. The standard InChI is InChI=1S/C18H27F2N3O2/c1-21-18(22-9-4-11-24-13-15-6-3-12-25-15)23-10-8-14-5-2-7-16(19)17(14)20/h2,5,7,15H,3-4,6,8-13H2,1H3,(H2,21,22,23). The van der Waals surface area contributed by atoms with Gasteiger partial charge < -0.3 is 20.1 Å². The van der Waals surface area contributed by atoms with Crippen molar-refractivity contribution in [2.75, 3.05) is 40.0 Å². The number of benzene rings is 1. The Morgan fingerprint density at radius 2 is 2.16 bits per heavy atom. The molecule has 1 saturated heterocycles. The van der Waals surface area contributed by atoms with Crippen LogP contribution in [0.4, 0.5) is 8.78 Å². The molecular formula is C18H27F2N3O2. The molecule has 25 heavy (non-hydrogen) atoms. The van der Waals surface area contributed by atoms with Crippen LogP contribution in [0.25, 0.3) is 0 Å². The number of rotatable bonds is 9. The van der Waals surface area contributed by atoms with E-state index in [1.54, 1.807) is 13.1 Å². The summed E-state index contributed by atoms with van der Waals surface area (Å²) in [6.45, 7) is 3.36. The summed E-state index contributed by atoms with van der Waals surface area (Å²) in [5, 5.41) is 6.26. The minimum absolute atomic E-state index is 0.255. The molecule has 7 heteroatoms. The van der Waals surface area contributed by atoms with Crippen LogP contribution in [-0.4, -0.2) is 52.0 Å². The number of halogens is 2. The van der Waals surface area contributed by atoms with Gasteiger partial charge in [-0.3, -0.25) is 4.99 Å². The molecule has 2 rings (SSSR count). The molecule has 1 unspecified atom stereocenters. The first-order valence-corrected chi connectivity index (χ1v) is 8.77. The van der Waals surface area contributed by atoms with Crippen molar-refractivity contribution in [3.05, 3.63) is 35.4 Å². The molecule has 2 N–H and O–H groups in total. The van der Waals surface area contributed by atoms with Crippen molar-refractivity contribution >= 4 is 5.96 Å². The Labute approximate surface area is 147 Å². The van der Waals surface area contributed by atoms with E-state index in [-0.39, 0.29) is 6.10 Å². The number of hydrogen-bond donors (Lipinski definition) is 2. The van der Waals surface area contributed by atoms with Gasteiger partial charge in [-0.25, -0.2) is 8.78 Å². The van der Waals surface area contributed by atoms with Crippen LogP contribution in [0, 0.1) is 11.6 Å². The zero-order valence-electron chi connectivity index (χ0n) is 14.7. The third-order valence-corrected chi connectivity index (χ3v) is 4.03. The molecule has 0 amide bonds. The summed E-state index contributed by atoms with van der Waals surface area (Å²) in [6.07, 6.45) is 3.70. The van der Waals surface area contributed by atoms with E-state index in [1.807, 2.05) is 0 Å². The van der Waals surface area contributed by atoms with Crippen molar-refractivity contribution in [3.63, 3.8) is 0 Å². The third-order valence-electron chi connectivity index (χ3n) is 4.03. The lowest BCUT2D eigenvalue weighted by Crippen LogP contribution is -2.39. The van der Waals surface area contributed by atoms with Crippen molar-refractivity contribution in [2.24, 2.45) is 4.99 Å². The smallest absolute Gasteiger partial charge is 0.190 e. The fourth-order valence-electron chi connectivity index (χ4n) is 2.65. The Bertz CT molecular complexity index is 549. The normalized spacial score (nSPS) is 17.7. The van der Waals surface area contributed by atoms with Gasteiger partial charge in [-0.1, -0.05) is 12.1 Å². The van der Waals surface area contributed by atoms with Crippen LogP contribution in [0.5, 0.6) is 0 Å². The summed E-state index contributed by atoms with van der Waals surface area (Å²) in [5.74, 6) is -0.963. The Morgan fingerprint density at radius 3 is 2.92 bits per heavy atom. The first kappa shape index (κ1) is 19.6. The fourth-order valence-corrected chi connectivity index (χ4v) is 2.65. The number of ether oxygens (including phenoxy) is 2. The van der Waals surface area contributed by atoms with Crippen molar-refractivity contribution in [1.82, 2.24) is 10.6 Å². The lowest BCUT2D eigenvalue weighted by Gasteiger charge is -2.13. The summed E-state index contributed by atoms with van der Waals surface area (Å²) < 4.78 is 37.8. The Balaban J connectivity index is 1.55. The highest BCUT2D eigenvalue weighted by atomic mass is 19.2. The maximum absolute atomic E-state index is 13.6. The van der Waals surface area contributed by atoms with Crippen LogP contribution < -0.4 is 10.6 Å².